The van der Waals surface area contributed by atoms with Gasteiger partial charge in [0.15, 0.2) is 0 Å². The van der Waals surface area contributed by atoms with Gasteiger partial charge in [0, 0.05) is 25.5 Å². The van der Waals surface area contributed by atoms with Crippen LogP contribution in [0.1, 0.15) is 22.5 Å². The first-order valence-electron chi connectivity index (χ1n) is 13.0. The minimum Gasteiger partial charge on any atom is -0.268 e. The smallest absolute Gasteiger partial charge is 0.268 e. The highest BCUT2D eigenvalue weighted by Gasteiger charge is 2.32. The highest BCUT2D eigenvalue weighted by atomic mass is 127. The van der Waals surface area contributed by atoms with Crippen LogP contribution in [0.4, 0.5) is 26.3 Å². The van der Waals surface area contributed by atoms with Crippen molar-refractivity contribution in [1.82, 2.24) is 18.3 Å². The van der Waals surface area contributed by atoms with Crippen molar-refractivity contribution in [3.8, 4) is 22.5 Å². The summed E-state index contributed by atoms with van der Waals surface area (Å²) in [5, 5.41) is 3.54. The average Bonchev–Trinajstić information content (AvgIpc) is 3.52. The predicted octanol–water partition coefficient (Wildman–Crippen LogP) is 6.06. The average molecular weight is 776 g/mol. The molecular formula is C30H23F6IN4O4S. The second-order valence-electron chi connectivity index (χ2n) is 9.93. The summed E-state index contributed by atoms with van der Waals surface area (Å²) in [5.41, 5.74) is -2.38. The molecule has 3 aromatic heterocycles. The third-order valence-corrected chi connectivity index (χ3v) is 8.92. The number of aromatic nitrogens is 4. The summed E-state index contributed by atoms with van der Waals surface area (Å²) in [6, 6.07) is 10.6. The number of hydrogen-bond acceptors (Lipinski definition) is 5. The van der Waals surface area contributed by atoms with Gasteiger partial charge in [0.2, 0.25) is 0 Å². The van der Waals surface area contributed by atoms with Crippen LogP contribution in [0.25, 0.3) is 22.5 Å². The first-order valence-corrected chi connectivity index (χ1v) is 15.1. The molecule has 0 unspecified atom stereocenters. The van der Waals surface area contributed by atoms with Crippen molar-refractivity contribution < 1.29 is 26.3 Å². The van der Waals surface area contributed by atoms with Crippen LogP contribution in [-0.4, -0.2) is 18.3 Å². The normalized spacial score (nSPS) is 11.7. The van der Waals surface area contributed by atoms with E-state index in [0.717, 1.165) is 42.5 Å². The molecule has 0 amide bonds. The maximum Gasteiger partial charge on any atom is 0.416 e. The summed E-state index contributed by atoms with van der Waals surface area (Å²) in [7, 11) is 2.60. The molecule has 242 valence electrons. The topological polar surface area (TPSA) is 88.0 Å². The van der Waals surface area contributed by atoms with Gasteiger partial charge in [-0.15, -0.1) is 0 Å². The van der Waals surface area contributed by atoms with E-state index in [1.807, 2.05) is 0 Å². The quantitative estimate of drug-likeness (QED) is 0.165. The fraction of sp³-hybridized carbons (Fsp3) is 0.200. The minimum absolute atomic E-state index is 0.0596. The van der Waals surface area contributed by atoms with E-state index >= 15 is 0 Å². The van der Waals surface area contributed by atoms with Crippen LogP contribution in [0.5, 0.6) is 0 Å². The van der Waals surface area contributed by atoms with E-state index in [0.29, 0.717) is 22.5 Å². The van der Waals surface area contributed by atoms with Crippen LogP contribution in [0, 0.1) is 17.4 Å². The number of halogens is 7. The van der Waals surface area contributed by atoms with Crippen molar-refractivity contribution in [2.24, 2.45) is 14.1 Å². The Kier molecular flexibility index (Phi) is 9.72. The molecule has 0 fully saturated rings. The van der Waals surface area contributed by atoms with Crippen molar-refractivity contribution >= 4 is 33.9 Å². The molecule has 0 aliphatic rings. The maximum atomic E-state index is 13.0. The Morgan fingerprint density at radius 2 is 1.13 bits per heavy atom. The van der Waals surface area contributed by atoms with E-state index in [4.69, 9.17) is 0 Å². The monoisotopic (exact) mass is 776 g/mol. The van der Waals surface area contributed by atoms with Gasteiger partial charge in [0.1, 0.15) is 0 Å². The van der Waals surface area contributed by atoms with Gasteiger partial charge in [0.25, 0.3) is 11.1 Å². The molecule has 2 aromatic carbocycles. The number of benzene rings is 2. The molecule has 0 saturated carbocycles. The lowest BCUT2D eigenvalue weighted by Gasteiger charge is -2.16. The second-order valence-corrected chi connectivity index (χ2v) is 11.8. The Morgan fingerprint density at radius 3 is 1.57 bits per heavy atom. The summed E-state index contributed by atoms with van der Waals surface area (Å²) in [5.74, 6) is 0. The van der Waals surface area contributed by atoms with E-state index in [1.165, 1.54) is 56.6 Å². The molecule has 46 heavy (non-hydrogen) atoms. The van der Waals surface area contributed by atoms with Gasteiger partial charge in [-0.2, -0.15) is 37.7 Å². The van der Waals surface area contributed by atoms with Gasteiger partial charge in [-0.3, -0.25) is 27.9 Å². The predicted molar refractivity (Wildman–Crippen MR) is 170 cm³/mol. The lowest BCUT2D eigenvalue weighted by molar-refractivity contribution is -0.138. The largest absolute Gasteiger partial charge is 0.416 e. The summed E-state index contributed by atoms with van der Waals surface area (Å²) < 4.78 is 81.5. The molecule has 5 rings (SSSR count). The zero-order valence-corrected chi connectivity index (χ0v) is 27.3. The van der Waals surface area contributed by atoms with Gasteiger partial charge >= 0.3 is 23.7 Å². The molecule has 8 nitrogen and oxygen atoms in total. The number of hydrogen-bond donors (Lipinski definition) is 0. The van der Waals surface area contributed by atoms with Crippen LogP contribution >= 0.6 is 33.9 Å². The van der Waals surface area contributed by atoms with Crippen molar-refractivity contribution in [2.45, 2.75) is 26.2 Å². The third-order valence-electron chi connectivity index (χ3n) is 6.99. The molecule has 0 radical (unpaired) electrons. The molecule has 0 bridgehead atoms. The maximum absolute atomic E-state index is 13.0. The summed E-state index contributed by atoms with van der Waals surface area (Å²) in [4.78, 5) is 49.0. The van der Waals surface area contributed by atoms with E-state index in [-0.39, 0.29) is 14.9 Å². The van der Waals surface area contributed by atoms with Crippen LogP contribution in [0.2, 0.25) is 0 Å². The van der Waals surface area contributed by atoms with Gasteiger partial charge in [-0.05, 0) is 95.2 Å². The molecule has 3 heterocycles. The first-order chi connectivity index (χ1) is 21.4. The molecule has 0 spiro atoms. The van der Waals surface area contributed by atoms with Crippen LogP contribution in [-0.2, 0) is 26.4 Å². The van der Waals surface area contributed by atoms with E-state index in [1.54, 1.807) is 46.3 Å². The van der Waals surface area contributed by atoms with Gasteiger partial charge in [-0.1, -0.05) is 12.1 Å². The van der Waals surface area contributed by atoms with Crippen molar-refractivity contribution in [3.63, 3.8) is 0 Å². The molecule has 0 saturated heterocycles. The lowest BCUT2D eigenvalue weighted by atomic mass is 10.1. The van der Waals surface area contributed by atoms with E-state index in [9.17, 15) is 45.5 Å². The summed E-state index contributed by atoms with van der Waals surface area (Å²) in [6.07, 6.45) is -9.02. The Labute approximate surface area is 273 Å². The minimum atomic E-state index is -4.52. The van der Waals surface area contributed by atoms with E-state index in [2.05, 4.69) is 0 Å². The van der Waals surface area contributed by atoms with Crippen LogP contribution < -0.4 is 22.5 Å². The third kappa shape index (κ3) is 6.67. The zero-order valence-electron chi connectivity index (χ0n) is 24.3. The van der Waals surface area contributed by atoms with E-state index < -0.39 is 46.0 Å². The van der Waals surface area contributed by atoms with Crippen molar-refractivity contribution in [3.05, 3.63) is 133 Å². The Hall–Kier alpha value is -4.19. The molecule has 16 heteroatoms. The van der Waals surface area contributed by atoms with Crippen molar-refractivity contribution in [1.29, 1.82) is 0 Å². The van der Waals surface area contributed by atoms with Crippen molar-refractivity contribution in [2.75, 3.05) is 0 Å². The lowest BCUT2D eigenvalue weighted by Crippen LogP contribution is -2.40. The SMILES string of the molecule is Cc1c(-c2ccsc2)c(=O)n(C)c(=O)n1-c1cccc(C(F)(F)F)c1.Cc1c(I)c(=O)n(C)c(=O)n1-c1cccc(C(F)(F)F)c1. The highest BCUT2D eigenvalue weighted by Crippen LogP contribution is 2.32. The fourth-order valence-corrected chi connectivity index (χ4v) is 5.83. The fourth-order valence-electron chi connectivity index (χ4n) is 4.58. The highest BCUT2D eigenvalue weighted by molar-refractivity contribution is 14.1. The first kappa shape index (κ1) is 34.7. The van der Waals surface area contributed by atoms with Gasteiger partial charge in [-0.25, -0.2) is 9.59 Å². The Bertz CT molecular complexity index is 2180. The van der Waals surface area contributed by atoms with Gasteiger partial charge < -0.3 is 0 Å². The molecule has 0 N–H and O–H groups in total. The molecule has 0 atom stereocenters. The number of nitrogens with zero attached hydrogens (tertiary/aromatic N) is 4. The zero-order chi connectivity index (χ0) is 34.3. The van der Waals surface area contributed by atoms with Crippen LogP contribution in [0.15, 0.2) is 84.5 Å². The molecule has 5 aromatic rings. The molecule has 0 aliphatic carbocycles. The van der Waals surface area contributed by atoms with Crippen LogP contribution in [0.3, 0.4) is 0 Å². The van der Waals surface area contributed by atoms with Gasteiger partial charge in [0.05, 0.1) is 31.6 Å². The molecular weight excluding hydrogens is 753 g/mol. The summed E-state index contributed by atoms with van der Waals surface area (Å²) in [6.45, 7) is 3.07. The Morgan fingerprint density at radius 1 is 0.674 bits per heavy atom. The number of rotatable bonds is 3. The summed E-state index contributed by atoms with van der Waals surface area (Å²) >= 11 is 3.16. The standard InChI is InChI=1S/C17H13F3N2O2S.C13H10F3IN2O2/c1-10-14(11-6-7-25-9-11)15(23)21(2)16(24)22(10)13-5-3-4-12(8-13)17(18,19)20;1-7-10(17)11(20)18(2)12(21)19(7)9-5-3-4-8(6-9)13(14,15)16/h3-9H,1-2H3;3-6H,1-2H3. The number of alkyl halides is 6. The Balaban J connectivity index is 0.000000212. The second kappa shape index (κ2) is 12.9. The number of thiophene rings is 1. The molecule has 0 aliphatic heterocycles.